The molecule has 0 spiro atoms. The first kappa shape index (κ1) is 14.4. The highest BCUT2D eigenvalue weighted by molar-refractivity contribution is 5.38. The van der Waals surface area contributed by atoms with Gasteiger partial charge in [0.15, 0.2) is 0 Å². The highest BCUT2D eigenvalue weighted by Gasteiger charge is 2.14. The fourth-order valence-corrected chi connectivity index (χ4v) is 2.08. The topological polar surface area (TPSA) is 38.7 Å². The lowest BCUT2D eigenvalue weighted by Crippen LogP contribution is -2.11. The third-order valence-corrected chi connectivity index (χ3v) is 3.14. The summed E-state index contributed by atoms with van der Waals surface area (Å²) < 4.78 is 10.9. The summed E-state index contributed by atoms with van der Waals surface area (Å²) in [5, 5.41) is 10.3. The highest BCUT2D eigenvalue weighted by Crippen LogP contribution is 2.27. The van der Waals surface area contributed by atoms with Crippen molar-refractivity contribution in [1.82, 2.24) is 0 Å². The number of aryl methyl sites for hydroxylation is 2. The molecule has 0 amide bonds. The van der Waals surface area contributed by atoms with Gasteiger partial charge in [0.25, 0.3) is 0 Å². The quantitative estimate of drug-likeness (QED) is 0.906. The maximum absolute atomic E-state index is 10.3. The van der Waals surface area contributed by atoms with Crippen LogP contribution in [0.4, 0.5) is 0 Å². The maximum Gasteiger partial charge on any atom is 0.124 e. The number of benzene rings is 2. The van der Waals surface area contributed by atoms with Crippen LogP contribution in [0.1, 0.15) is 22.8 Å². The van der Waals surface area contributed by atoms with Crippen molar-refractivity contribution in [2.45, 2.75) is 20.0 Å². The molecule has 2 aromatic rings. The molecule has 3 nitrogen and oxygen atoms in total. The third-order valence-electron chi connectivity index (χ3n) is 3.14. The van der Waals surface area contributed by atoms with E-state index < -0.39 is 6.10 Å². The minimum atomic E-state index is -0.717. The molecule has 0 fully saturated rings. The van der Waals surface area contributed by atoms with Crippen molar-refractivity contribution in [3.63, 3.8) is 0 Å². The second-order valence-electron chi connectivity index (χ2n) is 4.89. The molecule has 0 radical (unpaired) electrons. The van der Waals surface area contributed by atoms with E-state index in [-0.39, 0.29) is 6.61 Å². The van der Waals surface area contributed by atoms with E-state index >= 15 is 0 Å². The zero-order chi connectivity index (χ0) is 14.5. The lowest BCUT2D eigenvalue weighted by Gasteiger charge is -2.16. The number of hydrogen-bond donors (Lipinski definition) is 1. The monoisotopic (exact) mass is 272 g/mol. The minimum absolute atomic E-state index is 0.198. The first-order valence-corrected chi connectivity index (χ1v) is 6.62. The van der Waals surface area contributed by atoms with Crippen LogP contribution in [0.15, 0.2) is 42.5 Å². The molecular formula is C17H20O3. The molecule has 1 atom stereocenters. The van der Waals surface area contributed by atoms with E-state index in [9.17, 15) is 5.11 Å². The molecule has 0 bridgehead atoms. The number of aliphatic hydroxyl groups is 1. The highest BCUT2D eigenvalue weighted by atomic mass is 16.5. The summed E-state index contributed by atoms with van der Waals surface area (Å²) >= 11 is 0. The molecule has 20 heavy (non-hydrogen) atoms. The molecule has 2 rings (SSSR count). The van der Waals surface area contributed by atoms with E-state index in [0.29, 0.717) is 5.75 Å². The molecule has 0 aliphatic carbocycles. The first-order chi connectivity index (χ1) is 9.60. The normalized spacial score (nSPS) is 12.0. The summed E-state index contributed by atoms with van der Waals surface area (Å²) in [5.41, 5.74) is 2.96. The molecule has 0 aliphatic heterocycles. The number of methoxy groups -OCH3 is 1. The van der Waals surface area contributed by atoms with Gasteiger partial charge < -0.3 is 14.6 Å². The SMILES string of the molecule is COc1ccc(C)cc1C(O)COc1cccc(C)c1. The van der Waals surface area contributed by atoms with Gasteiger partial charge in [-0.25, -0.2) is 0 Å². The summed E-state index contributed by atoms with van der Waals surface area (Å²) in [4.78, 5) is 0. The number of hydrogen-bond acceptors (Lipinski definition) is 3. The Morgan fingerprint density at radius 1 is 1.05 bits per heavy atom. The van der Waals surface area contributed by atoms with Gasteiger partial charge in [0.2, 0.25) is 0 Å². The molecule has 1 N–H and O–H groups in total. The van der Waals surface area contributed by atoms with Crippen molar-refractivity contribution in [3.05, 3.63) is 59.2 Å². The Labute approximate surface area is 119 Å². The molecule has 0 saturated heterocycles. The van der Waals surface area contributed by atoms with Crippen LogP contribution in [0.2, 0.25) is 0 Å². The minimum Gasteiger partial charge on any atom is -0.496 e. The van der Waals surface area contributed by atoms with Gasteiger partial charge in [-0.3, -0.25) is 0 Å². The van der Waals surface area contributed by atoms with Crippen LogP contribution in [0, 0.1) is 13.8 Å². The molecule has 2 aromatic carbocycles. The van der Waals surface area contributed by atoms with Crippen LogP contribution < -0.4 is 9.47 Å². The van der Waals surface area contributed by atoms with E-state index in [0.717, 1.165) is 22.4 Å². The molecular weight excluding hydrogens is 252 g/mol. The second kappa shape index (κ2) is 6.44. The number of rotatable bonds is 5. The van der Waals surface area contributed by atoms with Gasteiger partial charge in [-0.15, -0.1) is 0 Å². The summed E-state index contributed by atoms with van der Waals surface area (Å²) in [6, 6.07) is 13.5. The predicted octanol–water partition coefficient (Wildman–Crippen LogP) is 3.42. The van der Waals surface area contributed by atoms with Crippen LogP contribution in [0.25, 0.3) is 0 Å². The van der Waals surface area contributed by atoms with Crippen molar-refractivity contribution in [2.75, 3.05) is 13.7 Å². The zero-order valence-corrected chi connectivity index (χ0v) is 12.1. The molecule has 0 aromatic heterocycles. The molecule has 0 aliphatic rings. The lowest BCUT2D eigenvalue weighted by molar-refractivity contribution is 0.105. The van der Waals surface area contributed by atoms with Gasteiger partial charge in [0, 0.05) is 5.56 Å². The van der Waals surface area contributed by atoms with Crippen molar-refractivity contribution in [2.24, 2.45) is 0 Å². The van der Waals surface area contributed by atoms with Gasteiger partial charge in [-0.2, -0.15) is 0 Å². The van der Waals surface area contributed by atoms with Crippen LogP contribution in [-0.4, -0.2) is 18.8 Å². The molecule has 3 heteroatoms. The zero-order valence-electron chi connectivity index (χ0n) is 12.1. The summed E-state index contributed by atoms with van der Waals surface area (Å²) in [6.45, 7) is 4.19. The van der Waals surface area contributed by atoms with Crippen LogP contribution in [0.3, 0.4) is 0 Å². The van der Waals surface area contributed by atoms with Gasteiger partial charge in [-0.05, 0) is 43.7 Å². The third kappa shape index (κ3) is 3.52. The Bertz CT molecular complexity index is 578. The van der Waals surface area contributed by atoms with Gasteiger partial charge in [-0.1, -0.05) is 23.8 Å². The maximum atomic E-state index is 10.3. The Balaban J connectivity index is 2.08. The second-order valence-corrected chi connectivity index (χ2v) is 4.89. The van der Waals surface area contributed by atoms with E-state index in [2.05, 4.69) is 0 Å². The van der Waals surface area contributed by atoms with Gasteiger partial charge >= 0.3 is 0 Å². The predicted molar refractivity (Wildman–Crippen MR) is 79.4 cm³/mol. The smallest absolute Gasteiger partial charge is 0.124 e. The number of ether oxygens (including phenoxy) is 2. The fraction of sp³-hybridized carbons (Fsp3) is 0.294. The van der Waals surface area contributed by atoms with Crippen LogP contribution in [-0.2, 0) is 0 Å². The molecule has 0 heterocycles. The Morgan fingerprint density at radius 3 is 2.50 bits per heavy atom. The Hall–Kier alpha value is -2.00. The Morgan fingerprint density at radius 2 is 1.80 bits per heavy atom. The lowest BCUT2D eigenvalue weighted by atomic mass is 10.1. The largest absolute Gasteiger partial charge is 0.496 e. The summed E-state index contributed by atoms with van der Waals surface area (Å²) in [6.07, 6.45) is -0.717. The van der Waals surface area contributed by atoms with Gasteiger partial charge in [0.1, 0.15) is 24.2 Å². The van der Waals surface area contributed by atoms with Crippen molar-refractivity contribution in [3.8, 4) is 11.5 Å². The fourth-order valence-electron chi connectivity index (χ4n) is 2.08. The van der Waals surface area contributed by atoms with Crippen LogP contribution in [0.5, 0.6) is 11.5 Å². The van der Waals surface area contributed by atoms with E-state index in [1.165, 1.54) is 0 Å². The molecule has 1 unspecified atom stereocenters. The number of aliphatic hydroxyl groups excluding tert-OH is 1. The standard InChI is InChI=1S/C17H20O3/c1-12-5-4-6-14(9-12)20-11-16(18)15-10-13(2)7-8-17(15)19-3/h4-10,16,18H,11H2,1-3H3. The molecule has 106 valence electrons. The average Bonchev–Trinajstić information content (AvgIpc) is 2.45. The van der Waals surface area contributed by atoms with Gasteiger partial charge in [0.05, 0.1) is 7.11 Å². The molecule has 0 saturated carbocycles. The van der Waals surface area contributed by atoms with Crippen molar-refractivity contribution >= 4 is 0 Å². The Kier molecular flexibility index (Phi) is 4.64. The summed E-state index contributed by atoms with van der Waals surface area (Å²) in [7, 11) is 1.60. The van der Waals surface area contributed by atoms with Crippen LogP contribution >= 0.6 is 0 Å². The summed E-state index contributed by atoms with van der Waals surface area (Å²) in [5.74, 6) is 1.44. The van der Waals surface area contributed by atoms with E-state index in [4.69, 9.17) is 9.47 Å². The van der Waals surface area contributed by atoms with Crippen molar-refractivity contribution in [1.29, 1.82) is 0 Å². The first-order valence-electron chi connectivity index (χ1n) is 6.62. The van der Waals surface area contributed by atoms with E-state index in [1.54, 1.807) is 7.11 Å². The average molecular weight is 272 g/mol. The van der Waals surface area contributed by atoms with E-state index in [1.807, 2.05) is 56.3 Å². The van der Waals surface area contributed by atoms with Crippen molar-refractivity contribution < 1.29 is 14.6 Å².